The van der Waals surface area contributed by atoms with Crippen molar-refractivity contribution < 1.29 is 8.42 Å². The van der Waals surface area contributed by atoms with E-state index in [1.54, 1.807) is 19.2 Å². The monoisotopic (exact) mass is 510 g/mol. The lowest BCUT2D eigenvalue weighted by molar-refractivity contribution is 0.292. The number of benzene rings is 1. The molecule has 1 aromatic rings. The van der Waals surface area contributed by atoms with Crippen molar-refractivity contribution in [3.05, 3.63) is 29.8 Å². The van der Waals surface area contributed by atoms with Gasteiger partial charge in [0.15, 0.2) is 15.8 Å². The molecule has 0 aliphatic rings. The Morgan fingerprint density at radius 3 is 2.26 bits per heavy atom. The second kappa shape index (κ2) is 13.3. The maximum absolute atomic E-state index is 11.5. The van der Waals surface area contributed by atoms with E-state index in [-0.39, 0.29) is 24.0 Å². The molecule has 156 valence electrons. The average Bonchev–Trinajstić information content (AvgIpc) is 2.61. The Hall–Kier alpha value is -0.870. The number of hydrogen-bond donors (Lipinski definition) is 2. The van der Waals surface area contributed by atoms with Crippen molar-refractivity contribution in [3.63, 3.8) is 0 Å². The first-order valence-electron chi connectivity index (χ1n) is 9.28. The molecule has 0 aromatic heterocycles. The Morgan fingerprint density at radius 2 is 1.78 bits per heavy atom. The summed E-state index contributed by atoms with van der Waals surface area (Å²) in [4.78, 5) is 7.03. The highest BCUT2D eigenvalue weighted by Crippen LogP contribution is 2.10. The molecule has 0 heterocycles. The number of sulfone groups is 1. The van der Waals surface area contributed by atoms with Gasteiger partial charge >= 0.3 is 0 Å². The van der Waals surface area contributed by atoms with Crippen LogP contribution in [-0.2, 0) is 16.4 Å². The number of nitrogens with zero attached hydrogens (tertiary/aromatic N) is 2. The molecule has 1 rings (SSSR count). The van der Waals surface area contributed by atoms with Gasteiger partial charge in [0, 0.05) is 25.9 Å². The molecule has 0 aliphatic carbocycles. The highest BCUT2D eigenvalue weighted by molar-refractivity contribution is 14.0. The van der Waals surface area contributed by atoms with Crippen LogP contribution < -0.4 is 10.6 Å². The van der Waals surface area contributed by atoms with Crippen molar-refractivity contribution >= 4 is 39.8 Å². The molecule has 1 unspecified atom stereocenters. The number of hydrogen-bond acceptors (Lipinski definition) is 4. The van der Waals surface area contributed by atoms with E-state index < -0.39 is 9.84 Å². The van der Waals surface area contributed by atoms with Crippen LogP contribution in [0.4, 0.5) is 0 Å². The normalized spacial score (nSPS) is 13.2. The molecule has 6 nitrogen and oxygen atoms in total. The molecule has 1 atom stereocenters. The third kappa shape index (κ3) is 10.3. The van der Waals surface area contributed by atoms with Gasteiger partial charge in [-0.2, -0.15) is 0 Å². The molecule has 0 saturated carbocycles. The molecule has 1 aromatic carbocycles. The highest BCUT2D eigenvalue weighted by atomic mass is 127. The van der Waals surface area contributed by atoms with Crippen molar-refractivity contribution in [1.82, 2.24) is 15.5 Å². The number of guanidine groups is 1. The lowest BCUT2D eigenvalue weighted by Gasteiger charge is -2.21. The molecular weight excluding hydrogens is 475 g/mol. The molecule has 0 saturated heterocycles. The van der Waals surface area contributed by atoms with Gasteiger partial charge in [-0.1, -0.05) is 26.0 Å². The first kappa shape index (κ1) is 26.1. The molecule has 0 bridgehead atoms. The fourth-order valence-corrected chi connectivity index (χ4v) is 3.33. The topological polar surface area (TPSA) is 73.8 Å². The molecule has 8 heteroatoms. The van der Waals surface area contributed by atoms with Gasteiger partial charge < -0.3 is 15.5 Å². The van der Waals surface area contributed by atoms with Crippen LogP contribution in [0.15, 0.2) is 34.2 Å². The number of rotatable bonds is 10. The van der Waals surface area contributed by atoms with E-state index in [2.05, 4.69) is 41.3 Å². The van der Waals surface area contributed by atoms with E-state index in [0.717, 1.165) is 44.0 Å². The zero-order chi connectivity index (χ0) is 19.6. The van der Waals surface area contributed by atoms with Crippen molar-refractivity contribution in [2.75, 3.05) is 32.9 Å². The molecule has 0 spiro atoms. The van der Waals surface area contributed by atoms with Crippen molar-refractivity contribution in [2.24, 2.45) is 4.99 Å². The summed E-state index contributed by atoms with van der Waals surface area (Å²) in [6, 6.07) is 7.26. The fraction of sp³-hybridized carbons (Fsp3) is 0.632. The second-order valence-electron chi connectivity index (χ2n) is 6.56. The lowest BCUT2D eigenvalue weighted by Crippen LogP contribution is -2.42. The molecule has 0 radical (unpaired) electrons. The quantitative estimate of drug-likeness (QED) is 0.288. The minimum Gasteiger partial charge on any atom is -0.354 e. The third-order valence-corrected chi connectivity index (χ3v) is 5.55. The number of halogens is 1. The molecular formula is C19H35IN4O2S. The first-order valence-corrected chi connectivity index (χ1v) is 11.2. The van der Waals surface area contributed by atoms with E-state index in [1.807, 2.05) is 12.1 Å². The first-order chi connectivity index (χ1) is 12.3. The van der Waals surface area contributed by atoms with Crippen molar-refractivity contribution in [3.8, 4) is 0 Å². The average molecular weight is 510 g/mol. The van der Waals surface area contributed by atoms with Crippen LogP contribution in [0.5, 0.6) is 0 Å². The maximum Gasteiger partial charge on any atom is 0.191 e. The summed E-state index contributed by atoms with van der Waals surface area (Å²) >= 11 is 0. The lowest BCUT2D eigenvalue weighted by atomic mass is 10.2. The molecule has 0 fully saturated rings. The molecule has 0 amide bonds. The summed E-state index contributed by atoms with van der Waals surface area (Å²) in [5, 5.41) is 6.68. The summed E-state index contributed by atoms with van der Waals surface area (Å²) in [5.74, 6) is 0.757. The van der Waals surface area contributed by atoms with E-state index in [1.165, 1.54) is 6.26 Å². The van der Waals surface area contributed by atoms with Crippen LogP contribution in [-0.4, -0.2) is 58.3 Å². The molecule has 2 N–H and O–H groups in total. The van der Waals surface area contributed by atoms with Crippen LogP contribution in [0.3, 0.4) is 0 Å². The Morgan fingerprint density at radius 1 is 1.19 bits per heavy atom. The zero-order valence-corrected chi connectivity index (χ0v) is 20.3. The summed E-state index contributed by atoms with van der Waals surface area (Å²) in [6.45, 7) is 10.5. The van der Waals surface area contributed by atoms with Crippen LogP contribution in [0, 0.1) is 0 Å². The van der Waals surface area contributed by atoms with Gasteiger partial charge in [-0.25, -0.2) is 8.42 Å². The second-order valence-corrected chi connectivity index (χ2v) is 8.57. The van der Waals surface area contributed by atoms with Gasteiger partial charge in [0.1, 0.15) is 0 Å². The van der Waals surface area contributed by atoms with Crippen LogP contribution in [0.1, 0.15) is 39.2 Å². The Bertz CT molecular complexity index is 659. The summed E-state index contributed by atoms with van der Waals surface area (Å²) < 4.78 is 23.0. The molecule has 27 heavy (non-hydrogen) atoms. The largest absolute Gasteiger partial charge is 0.354 e. The van der Waals surface area contributed by atoms with E-state index in [0.29, 0.717) is 17.5 Å². The summed E-state index contributed by atoms with van der Waals surface area (Å²) in [5.41, 5.74) is 1.01. The number of aliphatic imine (C=N–C) groups is 1. The standard InChI is InChI=1S/C19H34N4O2S.HI/c1-6-23(7-2)14-8-9-16(3)22-19(20-4)21-15-17-10-12-18(13-11-17)26(5,24)25;/h10-13,16H,6-9,14-15H2,1-5H3,(H2,20,21,22);1H. The summed E-state index contributed by atoms with van der Waals surface area (Å²) in [6.07, 6.45) is 3.45. The van der Waals surface area contributed by atoms with Crippen molar-refractivity contribution in [2.45, 2.75) is 51.1 Å². The molecule has 0 aliphatic heterocycles. The highest BCUT2D eigenvalue weighted by Gasteiger charge is 2.08. The van der Waals surface area contributed by atoms with Crippen LogP contribution in [0.2, 0.25) is 0 Å². The van der Waals surface area contributed by atoms with Gasteiger partial charge in [-0.15, -0.1) is 24.0 Å². The Kier molecular flexibility index (Phi) is 12.9. The van der Waals surface area contributed by atoms with E-state index >= 15 is 0 Å². The van der Waals surface area contributed by atoms with E-state index in [9.17, 15) is 8.42 Å². The number of nitrogens with one attached hydrogen (secondary N) is 2. The summed E-state index contributed by atoms with van der Waals surface area (Å²) in [7, 11) is -1.40. The van der Waals surface area contributed by atoms with Gasteiger partial charge in [0.05, 0.1) is 4.90 Å². The predicted octanol–water partition coefficient (Wildman–Crippen LogP) is 2.88. The van der Waals surface area contributed by atoms with Gasteiger partial charge in [-0.3, -0.25) is 4.99 Å². The SMILES string of the molecule is CCN(CC)CCCC(C)NC(=NC)NCc1ccc(S(C)(=O)=O)cc1.I. The van der Waals surface area contributed by atoms with Crippen LogP contribution >= 0.6 is 24.0 Å². The smallest absolute Gasteiger partial charge is 0.191 e. The van der Waals surface area contributed by atoms with E-state index in [4.69, 9.17) is 0 Å². The van der Waals surface area contributed by atoms with Gasteiger partial charge in [0.2, 0.25) is 0 Å². The zero-order valence-electron chi connectivity index (χ0n) is 17.2. The fourth-order valence-electron chi connectivity index (χ4n) is 2.70. The third-order valence-electron chi connectivity index (χ3n) is 4.42. The Labute approximate surface area is 182 Å². The van der Waals surface area contributed by atoms with Crippen molar-refractivity contribution in [1.29, 1.82) is 0 Å². The van der Waals surface area contributed by atoms with Crippen LogP contribution in [0.25, 0.3) is 0 Å². The maximum atomic E-state index is 11.5. The minimum absolute atomic E-state index is 0. The minimum atomic E-state index is -3.15. The van der Waals surface area contributed by atoms with Gasteiger partial charge in [0.25, 0.3) is 0 Å². The van der Waals surface area contributed by atoms with Gasteiger partial charge in [-0.05, 0) is 57.1 Å². The Balaban J connectivity index is 0.00000676. The predicted molar refractivity (Wildman–Crippen MR) is 125 cm³/mol.